The van der Waals surface area contributed by atoms with Crippen LogP contribution in [-0.4, -0.2) is 51.7 Å². The average Bonchev–Trinajstić information content (AvgIpc) is 3.94. The molecule has 292 valence electrons. The number of fused-ring (bicyclic) bond motifs is 20. The first kappa shape index (κ1) is 42.2. The Morgan fingerprint density at radius 1 is 0.475 bits per heavy atom. The van der Waals surface area contributed by atoms with E-state index in [1.54, 1.807) is 0 Å². The number of rotatable bonds is 6. The van der Waals surface area contributed by atoms with Gasteiger partial charge in [0.2, 0.25) is 0 Å². The first-order chi connectivity index (χ1) is 28.1. The van der Waals surface area contributed by atoms with E-state index in [9.17, 15) is 9.59 Å². The Kier molecular flexibility index (Phi) is 13.5. The van der Waals surface area contributed by atoms with Crippen molar-refractivity contribution in [1.82, 2.24) is 39.9 Å². The van der Waals surface area contributed by atoms with E-state index in [0.717, 1.165) is 56.6 Å². The van der Waals surface area contributed by atoms with Crippen molar-refractivity contribution in [2.75, 3.05) is 0 Å². The third-order valence-corrected chi connectivity index (χ3v) is 9.06. The van der Waals surface area contributed by atoms with Gasteiger partial charge < -0.3 is 40.1 Å². The Labute approximate surface area is 359 Å². The van der Waals surface area contributed by atoms with Crippen LogP contribution in [0.4, 0.5) is 0 Å². The molecule has 0 atom stereocenters. The van der Waals surface area contributed by atoms with Gasteiger partial charge in [-0.3, -0.25) is 9.59 Å². The van der Waals surface area contributed by atoms with Crippen LogP contribution in [0.2, 0.25) is 0 Å². The summed E-state index contributed by atoms with van der Waals surface area (Å²) in [7, 11) is 0. The van der Waals surface area contributed by atoms with Gasteiger partial charge in [0.25, 0.3) is 0 Å². The molecule has 0 unspecified atom stereocenters. The average molecular weight is 860 g/mol. The van der Waals surface area contributed by atoms with E-state index in [0.29, 0.717) is 58.7 Å². The molecule has 4 aromatic carbocycles. The van der Waals surface area contributed by atoms with Crippen LogP contribution in [0.5, 0.6) is 0 Å². The van der Waals surface area contributed by atoms with Gasteiger partial charge in [-0.2, -0.15) is 0 Å². The second-order valence-electron chi connectivity index (χ2n) is 13.7. The molecule has 0 saturated carbocycles. The van der Waals surface area contributed by atoms with Gasteiger partial charge >= 0.3 is 26.2 Å². The molecular formula is C46H40N8O4Zr. The van der Waals surface area contributed by atoms with Gasteiger partial charge in [-0.1, -0.05) is 111 Å². The van der Waals surface area contributed by atoms with Crippen LogP contribution < -0.4 is 9.97 Å². The number of ketones is 2. The normalized spacial score (nSPS) is 11.7. The van der Waals surface area contributed by atoms with E-state index in [4.69, 9.17) is 50.1 Å². The number of aromatic nitrogens is 8. The van der Waals surface area contributed by atoms with Crippen LogP contribution in [0.3, 0.4) is 0 Å². The fraction of sp³-hybridized carbons (Fsp3) is 0.174. The second kappa shape index (κ2) is 18.9. The second-order valence-corrected chi connectivity index (χ2v) is 13.7. The molecule has 9 rings (SSSR count). The Bertz CT molecular complexity index is 2570. The number of nitrogens with zero attached hydrogens (tertiary/aromatic N) is 8. The van der Waals surface area contributed by atoms with Crippen molar-refractivity contribution in [1.29, 1.82) is 0 Å². The smallest absolute Gasteiger partial charge is 0.512 e. The van der Waals surface area contributed by atoms with Gasteiger partial charge in [-0.25, -0.2) is 9.97 Å². The van der Waals surface area contributed by atoms with E-state index in [1.807, 2.05) is 111 Å². The largest absolute Gasteiger partial charge is 2.00 e. The molecule has 2 aliphatic rings. The maximum atomic E-state index is 10.6. The number of hydrogen-bond acceptors (Lipinski definition) is 10. The van der Waals surface area contributed by atoms with Crippen LogP contribution in [0, 0.1) is 0 Å². The summed E-state index contributed by atoms with van der Waals surface area (Å²) in [4.78, 5) is 60.5. The minimum Gasteiger partial charge on any atom is -0.512 e. The molecule has 12 nitrogen and oxygen atoms in total. The first-order valence-electron chi connectivity index (χ1n) is 19.0. The Morgan fingerprint density at radius 3 is 0.966 bits per heavy atom. The Hall–Kier alpha value is -6.46. The molecule has 0 amide bonds. The quantitative estimate of drug-likeness (QED) is 0.120. The number of carbonyl (C=O) groups excluding carboxylic acids is 2. The number of carbonyl (C=O) groups is 2. The Morgan fingerprint density at radius 2 is 0.729 bits per heavy atom. The summed E-state index contributed by atoms with van der Waals surface area (Å²) in [6, 6.07) is 31.8. The molecule has 13 heteroatoms. The number of aliphatic hydroxyl groups is 2. The predicted molar refractivity (Wildman–Crippen MR) is 227 cm³/mol. The molecule has 2 aliphatic heterocycles. The van der Waals surface area contributed by atoms with Crippen LogP contribution in [0.1, 0.15) is 53.4 Å². The third kappa shape index (κ3) is 9.48. The molecule has 0 radical (unpaired) electrons. The zero-order valence-corrected chi connectivity index (χ0v) is 35.5. The van der Waals surface area contributed by atoms with Crippen LogP contribution in [0.25, 0.3) is 89.7 Å². The molecule has 5 heterocycles. The van der Waals surface area contributed by atoms with E-state index in [-0.39, 0.29) is 49.3 Å². The van der Waals surface area contributed by atoms with Crippen LogP contribution >= 0.6 is 0 Å². The molecule has 0 spiro atoms. The monoisotopic (exact) mass is 858 g/mol. The van der Waals surface area contributed by atoms with Gasteiger partial charge in [0.15, 0.2) is 11.6 Å². The number of benzene rings is 4. The molecule has 59 heavy (non-hydrogen) atoms. The van der Waals surface area contributed by atoms with Crippen molar-refractivity contribution in [3.05, 3.63) is 121 Å². The van der Waals surface area contributed by atoms with Gasteiger partial charge in [0.1, 0.15) is 0 Å². The van der Waals surface area contributed by atoms with Gasteiger partial charge in [0.05, 0.1) is 34.8 Å². The first-order valence-corrected chi connectivity index (χ1v) is 19.0. The van der Waals surface area contributed by atoms with Crippen LogP contribution in [-0.2, 0) is 35.8 Å². The van der Waals surface area contributed by atoms with Crippen molar-refractivity contribution < 1.29 is 46.0 Å². The molecular weight excluding hydrogens is 820 g/mol. The standard InChI is InChI=1S/C32H16N8.2C7H12O2.Zr/c1-2-10-18-17(9-1)25-33-26(18)38-28-21-13-5-6-14-22(21)30(35-28)40-32-24-16-8-7-15-23(24)31(36-32)39-29-20-12-4-3-11-19(20)27(34-29)37-25;2*1-3-4-7(9)5-6(2)8;/h1-16H;2*5,8H,3-4H2,1-2H3;/q-2;;;+2. The van der Waals surface area contributed by atoms with Gasteiger partial charge in [-0.15, -0.1) is 0 Å². The number of hydrogen-bond donors (Lipinski definition) is 2. The minimum absolute atomic E-state index is 0. The maximum absolute atomic E-state index is 10.6. The minimum atomic E-state index is -0.00231. The van der Waals surface area contributed by atoms with Gasteiger partial charge in [-0.05, 0) is 48.2 Å². The summed E-state index contributed by atoms with van der Waals surface area (Å²) in [5, 5.41) is 20.8. The third-order valence-electron chi connectivity index (χ3n) is 9.06. The summed E-state index contributed by atoms with van der Waals surface area (Å²) in [6.07, 6.45) is 5.23. The summed E-state index contributed by atoms with van der Waals surface area (Å²) in [5.41, 5.74) is 5.78. The van der Waals surface area contributed by atoms with E-state index >= 15 is 0 Å². The predicted octanol–water partition coefficient (Wildman–Crippen LogP) is 9.76. The Balaban J connectivity index is 0.000000260. The van der Waals surface area contributed by atoms with Gasteiger partial charge in [0, 0.05) is 69.8 Å². The molecule has 8 bridgehead atoms. The van der Waals surface area contributed by atoms with Crippen molar-refractivity contribution >= 4 is 55.7 Å². The fourth-order valence-corrected chi connectivity index (χ4v) is 6.56. The van der Waals surface area contributed by atoms with Crippen molar-refractivity contribution in [3.63, 3.8) is 0 Å². The fourth-order valence-electron chi connectivity index (χ4n) is 6.56. The molecule has 0 aliphatic carbocycles. The molecule has 3 aromatic heterocycles. The van der Waals surface area contributed by atoms with Crippen LogP contribution in [0.15, 0.2) is 121 Å². The summed E-state index contributed by atoms with van der Waals surface area (Å²) >= 11 is 0. The molecule has 2 N–H and O–H groups in total. The molecule has 0 saturated heterocycles. The number of allylic oxidation sites excluding steroid dienone is 4. The maximum Gasteiger partial charge on any atom is 2.00 e. The van der Waals surface area contributed by atoms with Crippen molar-refractivity contribution in [3.8, 4) is 45.6 Å². The summed E-state index contributed by atoms with van der Waals surface area (Å²) in [6.45, 7) is 6.85. The summed E-state index contributed by atoms with van der Waals surface area (Å²) < 4.78 is 0. The van der Waals surface area contributed by atoms with E-state index < -0.39 is 0 Å². The van der Waals surface area contributed by atoms with Crippen molar-refractivity contribution in [2.24, 2.45) is 0 Å². The SMILES string of the molecule is CCCC(=O)C=C(C)O.CCCC(=O)C=C(C)O.[Zr+2].c1ccc2c(c1)-c1nc-2nc2[n-]c(nc3nc(nc4[n-]c(n1)c1ccccc41)-c1ccccc1-3)c1ccccc21. The van der Waals surface area contributed by atoms with Crippen molar-refractivity contribution in [2.45, 2.75) is 53.4 Å². The number of aliphatic hydroxyl groups excluding tert-OH is 2. The van der Waals surface area contributed by atoms with E-state index in [1.165, 1.54) is 26.0 Å². The summed E-state index contributed by atoms with van der Waals surface area (Å²) in [5.74, 6) is 2.39. The topological polar surface area (TPSA) is 180 Å². The zero-order chi connectivity index (χ0) is 40.8. The molecule has 0 fully saturated rings. The zero-order valence-electron chi connectivity index (χ0n) is 33.0. The molecule has 7 aromatic rings. The van der Waals surface area contributed by atoms with E-state index in [2.05, 4.69) is 0 Å².